The van der Waals surface area contributed by atoms with Crippen LogP contribution >= 0.6 is 15.9 Å². The molecule has 0 bridgehead atoms. The lowest BCUT2D eigenvalue weighted by Crippen LogP contribution is -2.25. The van der Waals surface area contributed by atoms with Crippen molar-refractivity contribution in [3.05, 3.63) is 57.3 Å². The number of hydrogen-bond donors (Lipinski definition) is 0. The van der Waals surface area contributed by atoms with Gasteiger partial charge in [0.25, 0.3) is 5.56 Å². The standard InChI is InChI=1S/C17H13BrN2O2/c1-19-13-8-7-10(18)9-12(13)15-16(19)11-5-3-4-6-14(11)20(22-2)17(15)21/h3-9H,1-2H3. The molecule has 0 radical (unpaired) electrons. The molecule has 0 aliphatic rings. The highest BCUT2D eigenvalue weighted by Crippen LogP contribution is 2.32. The van der Waals surface area contributed by atoms with Crippen molar-refractivity contribution in [2.24, 2.45) is 7.05 Å². The minimum atomic E-state index is -0.139. The van der Waals surface area contributed by atoms with Gasteiger partial charge < -0.3 is 9.40 Å². The van der Waals surface area contributed by atoms with E-state index >= 15 is 0 Å². The summed E-state index contributed by atoms with van der Waals surface area (Å²) in [5, 5.41) is 2.60. The van der Waals surface area contributed by atoms with Gasteiger partial charge in [-0.3, -0.25) is 4.79 Å². The van der Waals surface area contributed by atoms with E-state index in [1.54, 1.807) is 0 Å². The van der Waals surface area contributed by atoms with Crippen LogP contribution in [0.3, 0.4) is 0 Å². The Balaban J connectivity index is 2.44. The summed E-state index contributed by atoms with van der Waals surface area (Å²) >= 11 is 3.49. The number of aromatic nitrogens is 2. The first-order valence-electron chi connectivity index (χ1n) is 6.89. The van der Waals surface area contributed by atoms with Gasteiger partial charge in [0.15, 0.2) is 0 Å². The largest absolute Gasteiger partial charge is 0.413 e. The predicted octanol–water partition coefficient (Wildman–Crippen LogP) is 3.47. The van der Waals surface area contributed by atoms with Crippen LogP contribution in [-0.2, 0) is 7.05 Å². The molecule has 0 unspecified atom stereocenters. The minimum Gasteiger partial charge on any atom is -0.413 e. The van der Waals surface area contributed by atoms with Crippen LogP contribution in [0.15, 0.2) is 51.7 Å². The van der Waals surface area contributed by atoms with E-state index in [9.17, 15) is 4.79 Å². The summed E-state index contributed by atoms with van der Waals surface area (Å²) in [6, 6.07) is 13.8. The van der Waals surface area contributed by atoms with Gasteiger partial charge in [-0.1, -0.05) is 34.1 Å². The molecule has 0 saturated heterocycles. The molecule has 2 aromatic heterocycles. The lowest BCUT2D eigenvalue weighted by atomic mass is 10.1. The first kappa shape index (κ1) is 13.4. The van der Waals surface area contributed by atoms with Gasteiger partial charge in [0.05, 0.1) is 16.4 Å². The van der Waals surface area contributed by atoms with E-state index in [1.165, 1.54) is 11.8 Å². The van der Waals surface area contributed by atoms with E-state index in [1.807, 2.05) is 49.5 Å². The zero-order valence-corrected chi connectivity index (χ0v) is 13.7. The molecule has 2 heterocycles. The molecule has 0 saturated carbocycles. The second-order valence-electron chi connectivity index (χ2n) is 5.24. The summed E-state index contributed by atoms with van der Waals surface area (Å²) in [4.78, 5) is 18.3. The summed E-state index contributed by atoms with van der Waals surface area (Å²) in [7, 11) is 3.50. The molecule has 0 N–H and O–H groups in total. The molecule has 4 nitrogen and oxygen atoms in total. The Kier molecular flexibility index (Phi) is 2.81. The number of para-hydroxylation sites is 1. The maximum Gasteiger partial charge on any atom is 0.293 e. The van der Waals surface area contributed by atoms with Crippen molar-refractivity contribution in [3.63, 3.8) is 0 Å². The van der Waals surface area contributed by atoms with Crippen molar-refractivity contribution in [2.45, 2.75) is 0 Å². The first-order valence-corrected chi connectivity index (χ1v) is 7.68. The van der Waals surface area contributed by atoms with Crippen molar-refractivity contribution >= 4 is 48.6 Å². The van der Waals surface area contributed by atoms with E-state index in [0.717, 1.165) is 31.8 Å². The van der Waals surface area contributed by atoms with Crippen LogP contribution in [0.5, 0.6) is 0 Å². The molecule has 110 valence electrons. The van der Waals surface area contributed by atoms with Gasteiger partial charge in [0.1, 0.15) is 7.11 Å². The zero-order valence-electron chi connectivity index (χ0n) is 12.1. The molecule has 5 heteroatoms. The van der Waals surface area contributed by atoms with Crippen molar-refractivity contribution in [1.29, 1.82) is 0 Å². The minimum absolute atomic E-state index is 0.139. The Bertz CT molecular complexity index is 1110. The molecule has 2 aromatic carbocycles. The molecule has 0 atom stereocenters. The summed E-state index contributed by atoms with van der Waals surface area (Å²) < 4.78 is 4.38. The third kappa shape index (κ3) is 1.60. The number of halogens is 1. The van der Waals surface area contributed by atoms with E-state index < -0.39 is 0 Å². The molecule has 0 aliphatic carbocycles. The summed E-state index contributed by atoms with van der Waals surface area (Å²) in [6.07, 6.45) is 0. The van der Waals surface area contributed by atoms with Crippen LogP contribution in [0.25, 0.3) is 32.7 Å². The molecule has 4 rings (SSSR count). The number of benzene rings is 2. The average Bonchev–Trinajstić information content (AvgIpc) is 2.81. The quantitative estimate of drug-likeness (QED) is 0.523. The third-order valence-corrected chi connectivity index (χ3v) is 4.61. The number of aryl methyl sites for hydroxylation is 1. The summed E-state index contributed by atoms with van der Waals surface area (Å²) in [6.45, 7) is 0. The number of nitrogens with zero attached hydrogens (tertiary/aromatic N) is 2. The molecule has 0 aliphatic heterocycles. The van der Waals surface area contributed by atoms with Gasteiger partial charge in [-0.25, -0.2) is 0 Å². The third-order valence-electron chi connectivity index (χ3n) is 4.12. The van der Waals surface area contributed by atoms with Crippen molar-refractivity contribution < 1.29 is 4.84 Å². The molecule has 0 amide bonds. The van der Waals surface area contributed by atoms with Crippen LogP contribution in [0.1, 0.15) is 0 Å². The lowest BCUT2D eigenvalue weighted by molar-refractivity contribution is 0.170. The highest BCUT2D eigenvalue weighted by Gasteiger charge is 2.18. The zero-order chi connectivity index (χ0) is 15.4. The molecule has 0 spiro atoms. The fraction of sp³-hybridized carbons (Fsp3) is 0.118. The smallest absolute Gasteiger partial charge is 0.293 e. The SMILES string of the molecule is COn1c(=O)c2c3cc(Br)ccc3n(C)c2c2ccccc21. The van der Waals surface area contributed by atoms with E-state index in [0.29, 0.717) is 5.39 Å². The number of pyridine rings is 1. The van der Waals surface area contributed by atoms with Gasteiger partial charge in [0, 0.05) is 27.8 Å². The first-order chi connectivity index (χ1) is 10.6. The monoisotopic (exact) mass is 356 g/mol. The fourth-order valence-electron chi connectivity index (χ4n) is 3.19. The Morgan fingerprint density at radius 1 is 1.05 bits per heavy atom. The maximum atomic E-state index is 12.9. The molecule has 22 heavy (non-hydrogen) atoms. The van der Waals surface area contributed by atoms with Gasteiger partial charge in [-0.2, -0.15) is 0 Å². The number of hydrogen-bond acceptors (Lipinski definition) is 2. The highest BCUT2D eigenvalue weighted by atomic mass is 79.9. The van der Waals surface area contributed by atoms with Crippen LogP contribution in [-0.4, -0.2) is 16.4 Å². The molecular formula is C17H13BrN2O2. The van der Waals surface area contributed by atoms with E-state index in [2.05, 4.69) is 20.5 Å². The second kappa shape index (κ2) is 4.61. The van der Waals surface area contributed by atoms with Gasteiger partial charge in [0.2, 0.25) is 0 Å². The Labute approximate surface area is 134 Å². The summed E-state index contributed by atoms with van der Waals surface area (Å²) in [5.74, 6) is 0. The predicted molar refractivity (Wildman–Crippen MR) is 92.4 cm³/mol. The number of rotatable bonds is 1. The van der Waals surface area contributed by atoms with Crippen LogP contribution in [0, 0.1) is 0 Å². The maximum absolute atomic E-state index is 12.9. The van der Waals surface area contributed by atoms with E-state index in [-0.39, 0.29) is 5.56 Å². The van der Waals surface area contributed by atoms with Crippen LogP contribution in [0.2, 0.25) is 0 Å². The highest BCUT2D eigenvalue weighted by molar-refractivity contribution is 9.10. The van der Waals surface area contributed by atoms with Gasteiger partial charge in [-0.15, -0.1) is 4.73 Å². The fourth-order valence-corrected chi connectivity index (χ4v) is 3.55. The Morgan fingerprint density at radius 3 is 2.59 bits per heavy atom. The Hall–Kier alpha value is -2.27. The number of fused-ring (bicyclic) bond motifs is 5. The molecular weight excluding hydrogens is 344 g/mol. The normalized spacial score (nSPS) is 11.6. The van der Waals surface area contributed by atoms with Crippen molar-refractivity contribution in [1.82, 2.24) is 9.30 Å². The van der Waals surface area contributed by atoms with Crippen LogP contribution in [0.4, 0.5) is 0 Å². The second-order valence-corrected chi connectivity index (χ2v) is 6.16. The molecule has 0 fully saturated rings. The van der Waals surface area contributed by atoms with Crippen molar-refractivity contribution in [3.8, 4) is 0 Å². The van der Waals surface area contributed by atoms with Gasteiger partial charge in [-0.05, 0) is 24.3 Å². The van der Waals surface area contributed by atoms with Crippen molar-refractivity contribution in [2.75, 3.05) is 7.11 Å². The topological polar surface area (TPSA) is 36.2 Å². The Morgan fingerprint density at radius 2 is 1.82 bits per heavy atom. The molecule has 4 aromatic rings. The van der Waals surface area contributed by atoms with Gasteiger partial charge >= 0.3 is 0 Å². The van der Waals surface area contributed by atoms with E-state index in [4.69, 9.17) is 4.84 Å². The average molecular weight is 357 g/mol. The van der Waals surface area contributed by atoms with Crippen LogP contribution < -0.4 is 10.4 Å². The summed E-state index contributed by atoms with van der Waals surface area (Å²) in [5.41, 5.74) is 2.59. The lowest BCUT2D eigenvalue weighted by Gasteiger charge is -2.10.